The van der Waals surface area contributed by atoms with Crippen molar-refractivity contribution >= 4 is 6.08 Å². The molecule has 0 bridgehead atoms. The smallest absolute Gasteiger partial charge is 0.126 e. The Morgan fingerprint density at radius 3 is 2.88 bits per heavy atom. The first kappa shape index (κ1) is 12.5. The normalized spacial score (nSPS) is 11.2. The molecule has 86 valence electrons. The molecule has 0 aliphatic heterocycles. The molecule has 0 spiro atoms. The largest absolute Gasteiger partial charge is 0.489 e. The molecule has 0 aliphatic carbocycles. The molecule has 1 aromatic carbocycles. The van der Waals surface area contributed by atoms with E-state index in [1.165, 1.54) is 5.57 Å². The molecule has 0 radical (unpaired) electrons. The number of hydrogen-bond acceptors (Lipinski definition) is 2. The van der Waals surface area contributed by atoms with Crippen molar-refractivity contribution in [2.45, 2.75) is 6.92 Å². The molecule has 0 saturated carbocycles. The summed E-state index contributed by atoms with van der Waals surface area (Å²) in [7, 11) is 1.94. The molecule has 1 rings (SSSR count). The predicted octanol–water partition coefficient (Wildman–Crippen LogP) is 2.87. The van der Waals surface area contributed by atoms with Crippen LogP contribution < -0.4 is 10.1 Å². The van der Waals surface area contributed by atoms with Crippen LogP contribution in [0.25, 0.3) is 6.08 Å². The monoisotopic (exact) mass is 217 g/mol. The first-order valence-electron chi connectivity index (χ1n) is 5.42. The van der Waals surface area contributed by atoms with Gasteiger partial charge in [-0.25, -0.2) is 0 Å². The molecule has 1 N–H and O–H groups in total. The van der Waals surface area contributed by atoms with Gasteiger partial charge in [0.15, 0.2) is 0 Å². The van der Waals surface area contributed by atoms with E-state index < -0.39 is 0 Å². The molecule has 0 heterocycles. The van der Waals surface area contributed by atoms with Crippen LogP contribution >= 0.6 is 0 Å². The molecule has 0 unspecified atom stereocenters. The van der Waals surface area contributed by atoms with Crippen LogP contribution in [-0.2, 0) is 0 Å². The lowest BCUT2D eigenvalue weighted by Gasteiger charge is -2.08. The maximum atomic E-state index is 5.58. The molecule has 0 aliphatic rings. The van der Waals surface area contributed by atoms with Crippen LogP contribution in [0.4, 0.5) is 0 Å². The summed E-state index contributed by atoms with van der Waals surface area (Å²) < 4.78 is 5.58. The summed E-state index contributed by atoms with van der Waals surface area (Å²) in [6.07, 6.45) is 3.88. The lowest BCUT2D eigenvalue weighted by Crippen LogP contribution is -2.08. The maximum absolute atomic E-state index is 5.58. The highest BCUT2D eigenvalue weighted by atomic mass is 16.5. The summed E-state index contributed by atoms with van der Waals surface area (Å²) in [5.41, 5.74) is 2.38. The van der Waals surface area contributed by atoms with Gasteiger partial charge in [0.2, 0.25) is 0 Å². The fourth-order valence-electron chi connectivity index (χ4n) is 1.48. The summed E-state index contributed by atoms with van der Waals surface area (Å²) in [5.74, 6) is 0.901. The number of ether oxygens (including phenoxy) is 1. The van der Waals surface area contributed by atoms with E-state index >= 15 is 0 Å². The van der Waals surface area contributed by atoms with Gasteiger partial charge < -0.3 is 10.1 Å². The van der Waals surface area contributed by atoms with Crippen molar-refractivity contribution in [3.05, 3.63) is 48.1 Å². The van der Waals surface area contributed by atoms with Gasteiger partial charge >= 0.3 is 0 Å². The summed E-state index contributed by atoms with van der Waals surface area (Å²) in [5, 5.41) is 3.13. The van der Waals surface area contributed by atoms with E-state index in [-0.39, 0.29) is 0 Å². The summed E-state index contributed by atoms with van der Waals surface area (Å²) >= 11 is 0. The van der Waals surface area contributed by atoms with Crippen LogP contribution in [-0.4, -0.2) is 20.2 Å². The minimum atomic E-state index is 0.538. The van der Waals surface area contributed by atoms with Crippen molar-refractivity contribution in [2.24, 2.45) is 0 Å². The Labute approximate surface area is 97.6 Å². The van der Waals surface area contributed by atoms with Crippen molar-refractivity contribution in [1.82, 2.24) is 5.32 Å². The number of hydrogen-bond donors (Lipinski definition) is 1. The van der Waals surface area contributed by atoms with E-state index in [4.69, 9.17) is 4.74 Å². The predicted molar refractivity (Wildman–Crippen MR) is 69.7 cm³/mol. The molecule has 0 atom stereocenters. The van der Waals surface area contributed by atoms with Crippen molar-refractivity contribution in [1.29, 1.82) is 0 Å². The van der Waals surface area contributed by atoms with Crippen LogP contribution in [0.5, 0.6) is 5.75 Å². The Morgan fingerprint density at radius 1 is 1.44 bits per heavy atom. The van der Waals surface area contributed by atoms with Crippen LogP contribution in [0, 0.1) is 0 Å². The Kier molecular flexibility index (Phi) is 5.37. The van der Waals surface area contributed by atoms with Gasteiger partial charge in [0.05, 0.1) is 0 Å². The highest BCUT2D eigenvalue weighted by Gasteiger charge is 1.99. The van der Waals surface area contributed by atoms with E-state index in [0.29, 0.717) is 6.61 Å². The molecule has 1 aromatic rings. The average molecular weight is 217 g/mol. The van der Waals surface area contributed by atoms with Gasteiger partial charge in [-0.3, -0.25) is 0 Å². The third-order valence-corrected chi connectivity index (χ3v) is 2.13. The number of rotatable bonds is 6. The molecule has 2 nitrogen and oxygen atoms in total. The highest BCUT2D eigenvalue weighted by molar-refractivity contribution is 5.59. The van der Waals surface area contributed by atoms with Gasteiger partial charge in [0, 0.05) is 12.1 Å². The second kappa shape index (κ2) is 6.85. The van der Waals surface area contributed by atoms with Gasteiger partial charge in [0.25, 0.3) is 0 Å². The number of likely N-dealkylation sites (N-methyl/N-ethyl adjacent to an activating group) is 1. The number of nitrogens with one attached hydrogen (secondary N) is 1. The van der Waals surface area contributed by atoms with Crippen LogP contribution in [0.2, 0.25) is 0 Å². The zero-order chi connectivity index (χ0) is 11.8. The standard InChI is InChI=1S/C14H19NO/c1-4-9-16-14-8-6-5-7-13(14)10-12(2)11-15-3/h4-8,10,15H,1,9,11H2,2-3H3. The van der Waals surface area contributed by atoms with Gasteiger partial charge in [-0.1, -0.05) is 42.5 Å². The fraction of sp³-hybridized carbons (Fsp3) is 0.286. The van der Waals surface area contributed by atoms with Crippen molar-refractivity contribution in [3.63, 3.8) is 0 Å². The van der Waals surface area contributed by atoms with E-state index in [0.717, 1.165) is 17.9 Å². The zero-order valence-electron chi connectivity index (χ0n) is 9.99. The number of para-hydroxylation sites is 1. The lowest BCUT2D eigenvalue weighted by atomic mass is 10.1. The molecular formula is C14H19NO. The van der Waals surface area contributed by atoms with Crippen molar-refractivity contribution in [3.8, 4) is 5.75 Å². The van der Waals surface area contributed by atoms with Crippen LogP contribution in [0.15, 0.2) is 42.5 Å². The van der Waals surface area contributed by atoms with Gasteiger partial charge in [-0.2, -0.15) is 0 Å². The Bertz CT molecular complexity index is 369. The molecular weight excluding hydrogens is 198 g/mol. The van der Waals surface area contributed by atoms with Crippen LogP contribution in [0.3, 0.4) is 0 Å². The van der Waals surface area contributed by atoms with E-state index in [9.17, 15) is 0 Å². The quantitative estimate of drug-likeness (QED) is 0.740. The van der Waals surface area contributed by atoms with E-state index in [1.54, 1.807) is 6.08 Å². The Hall–Kier alpha value is -1.54. The molecule has 0 amide bonds. The third-order valence-electron chi connectivity index (χ3n) is 2.13. The Morgan fingerprint density at radius 2 is 2.19 bits per heavy atom. The van der Waals surface area contributed by atoms with Gasteiger partial charge in [-0.15, -0.1) is 0 Å². The van der Waals surface area contributed by atoms with Crippen molar-refractivity contribution < 1.29 is 4.74 Å². The third kappa shape index (κ3) is 3.91. The number of benzene rings is 1. The topological polar surface area (TPSA) is 21.3 Å². The summed E-state index contributed by atoms with van der Waals surface area (Å²) in [6.45, 7) is 7.17. The Balaban J connectivity index is 2.85. The average Bonchev–Trinajstić information content (AvgIpc) is 2.28. The minimum absolute atomic E-state index is 0.538. The zero-order valence-corrected chi connectivity index (χ0v) is 9.99. The highest BCUT2D eigenvalue weighted by Crippen LogP contribution is 2.20. The first-order chi connectivity index (χ1) is 7.77. The van der Waals surface area contributed by atoms with Gasteiger partial charge in [0.1, 0.15) is 12.4 Å². The SMILES string of the molecule is C=CCOc1ccccc1C=C(C)CNC. The molecule has 2 heteroatoms. The second-order valence-electron chi connectivity index (χ2n) is 3.66. The molecule has 0 aromatic heterocycles. The van der Waals surface area contributed by atoms with E-state index in [1.807, 2.05) is 25.2 Å². The molecule has 0 saturated heterocycles. The second-order valence-corrected chi connectivity index (χ2v) is 3.66. The van der Waals surface area contributed by atoms with E-state index in [2.05, 4.69) is 31.0 Å². The summed E-state index contributed by atoms with van der Waals surface area (Å²) in [4.78, 5) is 0. The summed E-state index contributed by atoms with van der Waals surface area (Å²) in [6, 6.07) is 8.02. The fourth-order valence-corrected chi connectivity index (χ4v) is 1.48. The van der Waals surface area contributed by atoms with Crippen molar-refractivity contribution in [2.75, 3.05) is 20.2 Å². The molecule has 16 heavy (non-hydrogen) atoms. The maximum Gasteiger partial charge on any atom is 0.126 e. The minimum Gasteiger partial charge on any atom is -0.489 e. The molecule has 0 fully saturated rings. The lowest BCUT2D eigenvalue weighted by molar-refractivity contribution is 0.362. The van der Waals surface area contributed by atoms with Crippen LogP contribution in [0.1, 0.15) is 12.5 Å². The van der Waals surface area contributed by atoms with Gasteiger partial charge in [-0.05, 0) is 20.0 Å². The first-order valence-corrected chi connectivity index (χ1v) is 5.42.